The standard InChI is InChI=1S/C24H24N4O2/c1-15(2)17-5-7-18(8-6-17)24(29)25-21-14-23-22(13-16(21)3)26-28(27-23)19-9-11-20(30-4)12-10-19/h5-15H,1-4H3,(H,25,29). The highest BCUT2D eigenvalue weighted by Gasteiger charge is 2.12. The largest absolute Gasteiger partial charge is 0.497 e. The molecule has 0 saturated carbocycles. The van der Waals surface area contributed by atoms with Crippen LogP contribution < -0.4 is 10.1 Å². The SMILES string of the molecule is COc1ccc(-n2nc3cc(C)c(NC(=O)c4ccc(C(C)C)cc4)cc3n2)cc1. The van der Waals surface area contributed by atoms with E-state index in [-0.39, 0.29) is 5.91 Å². The molecule has 0 fully saturated rings. The van der Waals surface area contributed by atoms with Crippen molar-refractivity contribution >= 4 is 22.6 Å². The van der Waals surface area contributed by atoms with Gasteiger partial charge in [-0.2, -0.15) is 4.80 Å². The smallest absolute Gasteiger partial charge is 0.255 e. The second-order valence-corrected chi connectivity index (χ2v) is 7.57. The van der Waals surface area contributed by atoms with Gasteiger partial charge >= 0.3 is 0 Å². The zero-order chi connectivity index (χ0) is 21.3. The molecule has 0 bridgehead atoms. The Labute approximate surface area is 175 Å². The van der Waals surface area contributed by atoms with Crippen molar-refractivity contribution in [2.24, 2.45) is 0 Å². The molecular weight excluding hydrogens is 376 g/mol. The highest BCUT2D eigenvalue weighted by Crippen LogP contribution is 2.24. The number of ether oxygens (including phenoxy) is 1. The van der Waals surface area contributed by atoms with Crippen molar-refractivity contribution in [3.8, 4) is 11.4 Å². The minimum atomic E-state index is -0.143. The molecule has 4 aromatic rings. The molecule has 6 nitrogen and oxygen atoms in total. The van der Waals surface area contributed by atoms with Gasteiger partial charge in [0.15, 0.2) is 0 Å². The molecule has 0 atom stereocenters. The first-order valence-corrected chi connectivity index (χ1v) is 9.88. The molecule has 0 aliphatic rings. The van der Waals surface area contributed by atoms with Crippen molar-refractivity contribution in [1.29, 1.82) is 0 Å². The molecule has 0 radical (unpaired) electrons. The van der Waals surface area contributed by atoms with Gasteiger partial charge in [0, 0.05) is 11.3 Å². The monoisotopic (exact) mass is 400 g/mol. The minimum absolute atomic E-state index is 0.143. The molecule has 30 heavy (non-hydrogen) atoms. The zero-order valence-corrected chi connectivity index (χ0v) is 17.5. The minimum Gasteiger partial charge on any atom is -0.497 e. The number of benzene rings is 3. The molecule has 4 rings (SSSR count). The van der Waals surface area contributed by atoms with Crippen molar-refractivity contribution in [3.63, 3.8) is 0 Å². The Kier molecular flexibility index (Phi) is 5.23. The molecule has 1 amide bonds. The van der Waals surface area contributed by atoms with E-state index in [1.165, 1.54) is 5.56 Å². The number of hydrogen-bond acceptors (Lipinski definition) is 4. The summed E-state index contributed by atoms with van der Waals surface area (Å²) in [5.41, 5.74) is 5.80. The highest BCUT2D eigenvalue weighted by atomic mass is 16.5. The summed E-state index contributed by atoms with van der Waals surface area (Å²) in [5, 5.41) is 12.1. The van der Waals surface area contributed by atoms with Gasteiger partial charge in [-0.3, -0.25) is 4.79 Å². The number of fused-ring (bicyclic) bond motifs is 1. The number of aromatic nitrogens is 3. The first-order chi connectivity index (χ1) is 14.4. The fourth-order valence-corrected chi connectivity index (χ4v) is 3.25. The van der Waals surface area contributed by atoms with E-state index in [9.17, 15) is 4.79 Å². The predicted octanol–water partition coefficient (Wildman–Crippen LogP) is 5.11. The normalized spacial score (nSPS) is 11.1. The summed E-state index contributed by atoms with van der Waals surface area (Å²) in [6.07, 6.45) is 0. The average molecular weight is 400 g/mol. The third-order valence-electron chi connectivity index (χ3n) is 5.12. The molecule has 152 valence electrons. The fraction of sp³-hybridized carbons (Fsp3) is 0.208. The molecule has 1 aromatic heterocycles. The lowest BCUT2D eigenvalue weighted by Crippen LogP contribution is -2.12. The third-order valence-corrected chi connectivity index (χ3v) is 5.12. The van der Waals surface area contributed by atoms with Crippen LogP contribution in [-0.2, 0) is 0 Å². The topological polar surface area (TPSA) is 69.0 Å². The number of nitrogens with one attached hydrogen (secondary N) is 1. The third kappa shape index (κ3) is 3.89. The van der Waals surface area contributed by atoms with Crippen LogP contribution in [0.25, 0.3) is 16.7 Å². The van der Waals surface area contributed by atoms with E-state index in [4.69, 9.17) is 4.74 Å². The van der Waals surface area contributed by atoms with Crippen LogP contribution in [0.15, 0.2) is 60.7 Å². The Morgan fingerprint density at radius 3 is 2.20 bits per heavy atom. The van der Waals surface area contributed by atoms with Crippen LogP contribution in [-0.4, -0.2) is 28.0 Å². The summed E-state index contributed by atoms with van der Waals surface area (Å²) in [6, 6.07) is 19.0. The summed E-state index contributed by atoms with van der Waals surface area (Å²) >= 11 is 0. The van der Waals surface area contributed by atoms with Gasteiger partial charge < -0.3 is 10.1 Å². The van der Waals surface area contributed by atoms with Crippen molar-refractivity contribution in [2.75, 3.05) is 12.4 Å². The van der Waals surface area contributed by atoms with E-state index >= 15 is 0 Å². The molecule has 6 heteroatoms. The van der Waals surface area contributed by atoms with Crippen molar-refractivity contribution in [3.05, 3.63) is 77.4 Å². The van der Waals surface area contributed by atoms with Crippen LogP contribution in [0.5, 0.6) is 5.75 Å². The Bertz CT molecular complexity index is 1190. The summed E-state index contributed by atoms with van der Waals surface area (Å²) in [4.78, 5) is 14.3. The van der Waals surface area contributed by atoms with E-state index in [0.29, 0.717) is 17.0 Å². The van der Waals surface area contributed by atoms with Gasteiger partial charge in [0.2, 0.25) is 0 Å². The van der Waals surface area contributed by atoms with Crippen LogP contribution in [0, 0.1) is 6.92 Å². The van der Waals surface area contributed by atoms with Crippen molar-refractivity contribution in [2.45, 2.75) is 26.7 Å². The number of carbonyl (C=O) groups excluding carboxylic acids is 1. The maximum Gasteiger partial charge on any atom is 0.255 e. The number of methoxy groups -OCH3 is 1. The van der Waals surface area contributed by atoms with E-state index in [0.717, 1.165) is 28.2 Å². The van der Waals surface area contributed by atoms with E-state index in [2.05, 4.69) is 29.4 Å². The Balaban J connectivity index is 1.59. The molecule has 0 unspecified atom stereocenters. The molecule has 1 heterocycles. The number of rotatable bonds is 5. The van der Waals surface area contributed by atoms with Gasteiger partial charge in [-0.1, -0.05) is 26.0 Å². The summed E-state index contributed by atoms with van der Waals surface area (Å²) in [5.74, 6) is 1.06. The highest BCUT2D eigenvalue weighted by molar-refractivity contribution is 6.05. The second-order valence-electron chi connectivity index (χ2n) is 7.57. The maximum atomic E-state index is 12.7. The molecule has 1 N–H and O–H groups in total. The number of anilines is 1. The van der Waals surface area contributed by atoms with E-state index in [1.807, 2.05) is 67.6 Å². The molecule has 0 aliphatic heterocycles. The van der Waals surface area contributed by atoms with Crippen molar-refractivity contribution < 1.29 is 9.53 Å². The van der Waals surface area contributed by atoms with Gasteiger partial charge in [-0.15, -0.1) is 10.2 Å². The van der Waals surface area contributed by atoms with Gasteiger partial charge in [0.1, 0.15) is 16.8 Å². The maximum absolute atomic E-state index is 12.7. The van der Waals surface area contributed by atoms with Gasteiger partial charge in [0.25, 0.3) is 5.91 Å². The Morgan fingerprint density at radius 2 is 1.60 bits per heavy atom. The quantitative estimate of drug-likeness (QED) is 0.505. The van der Waals surface area contributed by atoms with Crippen LogP contribution >= 0.6 is 0 Å². The Hall–Kier alpha value is -3.67. The summed E-state index contributed by atoms with van der Waals surface area (Å²) in [7, 11) is 1.63. The lowest BCUT2D eigenvalue weighted by molar-refractivity contribution is 0.102. The number of aryl methyl sites for hydroxylation is 1. The molecule has 3 aromatic carbocycles. The van der Waals surface area contributed by atoms with E-state index in [1.54, 1.807) is 11.9 Å². The van der Waals surface area contributed by atoms with Crippen LogP contribution in [0.3, 0.4) is 0 Å². The predicted molar refractivity (Wildman–Crippen MR) is 119 cm³/mol. The first-order valence-electron chi connectivity index (χ1n) is 9.88. The number of nitrogens with zero attached hydrogens (tertiary/aromatic N) is 3. The van der Waals surface area contributed by atoms with Crippen molar-refractivity contribution in [1.82, 2.24) is 15.0 Å². The molecular formula is C24H24N4O2. The molecule has 0 saturated heterocycles. The van der Waals surface area contributed by atoms with Crippen LogP contribution in [0.4, 0.5) is 5.69 Å². The van der Waals surface area contributed by atoms with Crippen LogP contribution in [0.1, 0.15) is 41.3 Å². The lowest BCUT2D eigenvalue weighted by atomic mass is 10.0. The lowest BCUT2D eigenvalue weighted by Gasteiger charge is -2.10. The summed E-state index contributed by atoms with van der Waals surface area (Å²) < 4.78 is 5.20. The van der Waals surface area contributed by atoms with Gasteiger partial charge in [-0.05, 0) is 72.5 Å². The Morgan fingerprint density at radius 1 is 0.967 bits per heavy atom. The fourth-order valence-electron chi connectivity index (χ4n) is 3.25. The zero-order valence-electron chi connectivity index (χ0n) is 17.5. The number of carbonyl (C=O) groups is 1. The van der Waals surface area contributed by atoms with Crippen LogP contribution in [0.2, 0.25) is 0 Å². The first kappa shape index (κ1) is 19.6. The second kappa shape index (κ2) is 7.99. The van der Waals surface area contributed by atoms with Gasteiger partial charge in [0.05, 0.1) is 12.8 Å². The van der Waals surface area contributed by atoms with Gasteiger partial charge in [-0.25, -0.2) is 0 Å². The molecule has 0 aliphatic carbocycles. The van der Waals surface area contributed by atoms with E-state index < -0.39 is 0 Å². The summed E-state index contributed by atoms with van der Waals surface area (Å²) in [6.45, 7) is 6.21. The number of hydrogen-bond donors (Lipinski definition) is 1. The number of amides is 1. The average Bonchev–Trinajstić information content (AvgIpc) is 3.16. The molecule has 0 spiro atoms.